The number of hydrogen-bond donors (Lipinski definition) is 1. The molecule has 126 valence electrons. The second-order valence-electron chi connectivity index (χ2n) is 5.51. The van der Waals surface area contributed by atoms with E-state index in [2.05, 4.69) is 15.4 Å². The number of aryl methyl sites for hydroxylation is 3. The molecule has 1 amide bonds. The van der Waals surface area contributed by atoms with Crippen LogP contribution >= 0.6 is 22.9 Å². The van der Waals surface area contributed by atoms with E-state index in [-0.39, 0.29) is 5.91 Å². The number of amides is 1. The van der Waals surface area contributed by atoms with Gasteiger partial charge in [0.2, 0.25) is 0 Å². The van der Waals surface area contributed by atoms with Gasteiger partial charge in [-0.1, -0.05) is 24.6 Å². The van der Waals surface area contributed by atoms with Crippen molar-refractivity contribution in [1.82, 2.24) is 20.1 Å². The first kappa shape index (κ1) is 16.9. The van der Waals surface area contributed by atoms with E-state index in [1.165, 1.54) is 11.3 Å². The fourth-order valence-corrected chi connectivity index (χ4v) is 3.79. The number of benzene rings is 1. The Labute approximate surface area is 149 Å². The number of halogens is 1. The standard InChI is InChI=1S/C17H19ClN4OS/c1-3-14-16(24-11(2)21-14)17(23)19-8-5-9-22-15-7-4-6-13(18)12(15)10-20-22/h4,6-7,10H,3,5,8-9H2,1-2H3,(H,19,23). The normalized spacial score (nSPS) is 11.1. The molecule has 2 aromatic heterocycles. The Morgan fingerprint density at radius 3 is 3.04 bits per heavy atom. The van der Waals surface area contributed by atoms with E-state index in [4.69, 9.17) is 11.6 Å². The van der Waals surface area contributed by atoms with Crippen LogP contribution in [0, 0.1) is 6.92 Å². The summed E-state index contributed by atoms with van der Waals surface area (Å²) < 4.78 is 1.92. The summed E-state index contributed by atoms with van der Waals surface area (Å²) in [6.07, 6.45) is 3.35. The topological polar surface area (TPSA) is 59.8 Å². The molecule has 3 aromatic rings. The Balaban J connectivity index is 1.56. The number of thiazole rings is 1. The van der Waals surface area contributed by atoms with Crippen molar-refractivity contribution in [3.8, 4) is 0 Å². The van der Waals surface area contributed by atoms with Crippen LogP contribution in [0.3, 0.4) is 0 Å². The molecule has 0 saturated heterocycles. The van der Waals surface area contributed by atoms with Crippen LogP contribution in [0.15, 0.2) is 24.4 Å². The van der Waals surface area contributed by atoms with Crippen molar-refractivity contribution in [3.63, 3.8) is 0 Å². The van der Waals surface area contributed by atoms with Crippen LogP contribution in [0.5, 0.6) is 0 Å². The predicted molar refractivity (Wildman–Crippen MR) is 97.9 cm³/mol. The molecule has 2 heterocycles. The molecule has 0 fully saturated rings. The maximum absolute atomic E-state index is 12.3. The number of fused-ring (bicyclic) bond motifs is 1. The summed E-state index contributed by atoms with van der Waals surface area (Å²) in [4.78, 5) is 17.4. The average Bonchev–Trinajstić information content (AvgIpc) is 3.15. The molecule has 7 heteroatoms. The minimum Gasteiger partial charge on any atom is -0.351 e. The van der Waals surface area contributed by atoms with Gasteiger partial charge in [-0.15, -0.1) is 11.3 Å². The SMILES string of the molecule is CCc1nc(C)sc1C(=O)NCCCn1ncc2c(Cl)cccc21. The lowest BCUT2D eigenvalue weighted by atomic mass is 10.2. The van der Waals surface area contributed by atoms with Crippen molar-refractivity contribution < 1.29 is 4.79 Å². The third-order valence-electron chi connectivity index (χ3n) is 3.81. The number of nitrogens with one attached hydrogen (secondary N) is 1. The average molecular weight is 363 g/mol. The molecule has 0 unspecified atom stereocenters. The second-order valence-corrected chi connectivity index (χ2v) is 7.12. The molecule has 5 nitrogen and oxygen atoms in total. The highest BCUT2D eigenvalue weighted by molar-refractivity contribution is 7.13. The second kappa shape index (κ2) is 7.32. The maximum atomic E-state index is 12.3. The highest BCUT2D eigenvalue weighted by Crippen LogP contribution is 2.22. The van der Waals surface area contributed by atoms with Gasteiger partial charge in [-0.2, -0.15) is 5.10 Å². The van der Waals surface area contributed by atoms with Crippen LogP contribution in [0.4, 0.5) is 0 Å². The van der Waals surface area contributed by atoms with Gasteiger partial charge in [0, 0.05) is 18.5 Å². The molecule has 24 heavy (non-hydrogen) atoms. The molecule has 0 aliphatic rings. The molecule has 0 aliphatic carbocycles. The number of rotatable bonds is 6. The molecular weight excluding hydrogens is 344 g/mol. The lowest BCUT2D eigenvalue weighted by Crippen LogP contribution is -2.25. The summed E-state index contributed by atoms with van der Waals surface area (Å²) in [5, 5.41) is 9.94. The smallest absolute Gasteiger partial charge is 0.263 e. The summed E-state index contributed by atoms with van der Waals surface area (Å²) in [5.41, 5.74) is 1.89. The van der Waals surface area contributed by atoms with Crippen LogP contribution in [-0.4, -0.2) is 27.2 Å². The molecule has 3 rings (SSSR count). The molecule has 0 atom stereocenters. The van der Waals surface area contributed by atoms with Crippen LogP contribution in [0.1, 0.15) is 33.7 Å². The number of hydrogen-bond acceptors (Lipinski definition) is 4. The van der Waals surface area contributed by atoms with Gasteiger partial charge in [-0.05, 0) is 31.9 Å². The first-order valence-electron chi connectivity index (χ1n) is 7.94. The highest BCUT2D eigenvalue weighted by atomic mass is 35.5. The number of carbonyl (C=O) groups excluding carboxylic acids is 1. The summed E-state index contributed by atoms with van der Waals surface area (Å²) in [7, 11) is 0. The quantitative estimate of drug-likeness (QED) is 0.678. The van der Waals surface area contributed by atoms with Crippen LogP contribution in [0.2, 0.25) is 5.02 Å². The lowest BCUT2D eigenvalue weighted by Gasteiger charge is -2.06. The van der Waals surface area contributed by atoms with Crippen molar-refractivity contribution in [2.24, 2.45) is 0 Å². The van der Waals surface area contributed by atoms with Crippen molar-refractivity contribution in [3.05, 3.63) is 45.0 Å². The lowest BCUT2D eigenvalue weighted by molar-refractivity contribution is 0.0955. The third-order valence-corrected chi connectivity index (χ3v) is 5.15. The zero-order valence-electron chi connectivity index (χ0n) is 13.7. The van der Waals surface area contributed by atoms with Gasteiger partial charge in [0.25, 0.3) is 5.91 Å². The van der Waals surface area contributed by atoms with E-state index in [0.717, 1.165) is 45.9 Å². The number of carbonyl (C=O) groups is 1. The van der Waals surface area contributed by atoms with Crippen LogP contribution in [-0.2, 0) is 13.0 Å². The minimum atomic E-state index is -0.0363. The van der Waals surface area contributed by atoms with Crippen molar-refractivity contribution in [1.29, 1.82) is 0 Å². The van der Waals surface area contributed by atoms with Gasteiger partial charge in [0.1, 0.15) is 4.88 Å². The van der Waals surface area contributed by atoms with Crippen molar-refractivity contribution in [2.75, 3.05) is 6.54 Å². The molecule has 0 radical (unpaired) electrons. The molecule has 1 aromatic carbocycles. The summed E-state index contributed by atoms with van der Waals surface area (Å²) >= 11 is 7.61. The molecule has 0 saturated carbocycles. The Hall–Kier alpha value is -1.92. The molecule has 0 bridgehead atoms. The van der Waals surface area contributed by atoms with Gasteiger partial charge in [-0.3, -0.25) is 9.48 Å². The van der Waals surface area contributed by atoms with E-state index < -0.39 is 0 Å². The van der Waals surface area contributed by atoms with Crippen molar-refractivity contribution >= 4 is 39.7 Å². The first-order chi connectivity index (χ1) is 11.6. The first-order valence-corrected chi connectivity index (χ1v) is 9.14. The van der Waals surface area contributed by atoms with Crippen molar-refractivity contribution in [2.45, 2.75) is 33.2 Å². The fourth-order valence-electron chi connectivity index (χ4n) is 2.64. The van der Waals surface area contributed by atoms with E-state index in [1.54, 1.807) is 6.20 Å². The third kappa shape index (κ3) is 3.44. The van der Waals surface area contributed by atoms with E-state index in [9.17, 15) is 4.79 Å². The van der Waals surface area contributed by atoms with Gasteiger partial charge in [0.05, 0.1) is 27.4 Å². The minimum absolute atomic E-state index is 0.0363. The number of nitrogens with zero attached hydrogens (tertiary/aromatic N) is 3. The fraction of sp³-hybridized carbons (Fsp3) is 0.353. The monoisotopic (exact) mass is 362 g/mol. The summed E-state index contributed by atoms with van der Waals surface area (Å²) in [6.45, 7) is 5.26. The largest absolute Gasteiger partial charge is 0.351 e. The summed E-state index contributed by atoms with van der Waals surface area (Å²) in [6, 6.07) is 5.78. The van der Waals surface area contributed by atoms with E-state index >= 15 is 0 Å². The highest BCUT2D eigenvalue weighted by Gasteiger charge is 2.15. The molecular formula is C17H19ClN4OS. The Morgan fingerprint density at radius 1 is 1.42 bits per heavy atom. The maximum Gasteiger partial charge on any atom is 0.263 e. The Bertz CT molecular complexity index is 871. The Morgan fingerprint density at radius 2 is 2.25 bits per heavy atom. The number of aromatic nitrogens is 3. The van der Waals surface area contributed by atoms with Crippen LogP contribution in [0.25, 0.3) is 10.9 Å². The van der Waals surface area contributed by atoms with E-state index in [1.807, 2.05) is 36.7 Å². The van der Waals surface area contributed by atoms with E-state index in [0.29, 0.717) is 11.6 Å². The molecule has 0 spiro atoms. The van der Waals surface area contributed by atoms with Gasteiger partial charge >= 0.3 is 0 Å². The van der Waals surface area contributed by atoms with Crippen LogP contribution < -0.4 is 5.32 Å². The van der Waals surface area contributed by atoms with Gasteiger partial charge < -0.3 is 5.32 Å². The zero-order chi connectivity index (χ0) is 17.1. The Kier molecular flexibility index (Phi) is 5.16. The van der Waals surface area contributed by atoms with Gasteiger partial charge in [0.15, 0.2) is 0 Å². The molecule has 0 aliphatic heterocycles. The summed E-state index contributed by atoms with van der Waals surface area (Å²) in [5.74, 6) is -0.0363. The predicted octanol–water partition coefficient (Wildman–Crippen LogP) is 3.84. The van der Waals surface area contributed by atoms with Gasteiger partial charge in [-0.25, -0.2) is 4.98 Å². The molecule has 1 N–H and O–H groups in total. The zero-order valence-corrected chi connectivity index (χ0v) is 15.2.